The smallest absolute Gasteiger partial charge is 0.139 e. The van der Waals surface area contributed by atoms with Crippen molar-refractivity contribution in [2.75, 3.05) is 11.9 Å². The molecule has 0 aromatic heterocycles. The average Bonchev–Trinajstić information content (AvgIpc) is 2.04. The van der Waals surface area contributed by atoms with Gasteiger partial charge in [0, 0.05) is 33.0 Å². The number of hydrogen-bond donors (Lipinski definition) is 1. The maximum absolute atomic E-state index is 9.55. The Morgan fingerprint density at radius 1 is 1.38 bits per heavy atom. The zero-order chi connectivity index (χ0) is 8.55. The summed E-state index contributed by atoms with van der Waals surface area (Å²) in [6, 6.07) is 5.63. The fourth-order valence-corrected chi connectivity index (χ4v) is 1.56. The molecule has 1 aromatic rings. The van der Waals surface area contributed by atoms with Crippen LogP contribution in [0.4, 0.5) is 5.69 Å². The van der Waals surface area contributed by atoms with Gasteiger partial charge in [0.15, 0.2) is 0 Å². The maximum Gasteiger partial charge on any atom is 0.139 e. The second-order valence-electron chi connectivity index (χ2n) is 2.98. The molecule has 13 heavy (non-hydrogen) atoms. The standard InChI is InChI=1S/C10H11NO.Ga/c1-11-7-3-5-8-4-2-6-9(12)10(8)11;/h2-4,6-7,12H,5H2,1H3;. The number of rotatable bonds is 0. The number of fused-ring (bicyclic) bond motifs is 1. The Bertz CT molecular complexity index is 336. The predicted octanol–water partition coefficient (Wildman–Crippen LogP) is 1.52. The van der Waals surface area contributed by atoms with E-state index in [2.05, 4.69) is 6.08 Å². The van der Waals surface area contributed by atoms with Gasteiger partial charge < -0.3 is 10.0 Å². The minimum absolute atomic E-state index is 0. The van der Waals surface area contributed by atoms with E-state index < -0.39 is 0 Å². The molecule has 0 amide bonds. The number of phenols is 1. The molecule has 3 heteroatoms. The molecular formula is C10H11GaNO. The van der Waals surface area contributed by atoms with Crippen molar-refractivity contribution in [3.8, 4) is 5.75 Å². The zero-order valence-corrected chi connectivity index (χ0v) is 9.99. The van der Waals surface area contributed by atoms with E-state index >= 15 is 0 Å². The van der Waals surface area contributed by atoms with Crippen LogP contribution in [0.15, 0.2) is 30.5 Å². The minimum Gasteiger partial charge on any atom is -0.506 e. The van der Waals surface area contributed by atoms with Crippen molar-refractivity contribution < 1.29 is 5.11 Å². The van der Waals surface area contributed by atoms with Gasteiger partial charge in [-0.15, -0.1) is 0 Å². The average molecular weight is 231 g/mol. The van der Waals surface area contributed by atoms with Crippen molar-refractivity contribution in [2.24, 2.45) is 0 Å². The molecule has 0 bridgehead atoms. The molecule has 0 atom stereocenters. The van der Waals surface area contributed by atoms with Crippen LogP contribution in [0.1, 0.15) is 5.56 Å². The fourth-order valence-electron chi connectivity index (χ4n) is 1.56. The van der Waals surface area contributed by atoms with Crippen LogP contribution in [-0.2, 0) is 6.42 Å². The summed E-state index contributed by atoms with van der Waals surface area (Å²) in [6.07, 6.45) is 4.97. The van der Waals surface area contributed by atoms with Crippen LogP contribution in [-0.4, -0.2) is 31.9 Å². The number of aromatic hydroxyl groups is 1. The summed E-state index contributed by atoms with van der Waals surface area (Å²) in [5, 5.41) is 9.55. The normalized spacial score (nSPS) is 13.5. The van der Waals surface area contributed by atoms with Crippen molar-refractivity contribution in [1.82, 2.24) is 0 Å². The third-order valence-corrected chi connectivity index (χ3v) is 2.12. The zero-order valence-electron chi connectivity index (χ0n) is 7.57. The molecule has 1 N–H and O–H groups in total. The van der Waals surface area contributed by atoms with Crippen LogP contribution in [0.3, 0.4) is 0 Å². The number of nitrogens with zero attached hydrogens (tertiary/aromatic N) is 1. The Labute approximate surface area is 90.9 Å². The van der Waals surface area contributed by atoms with Crippen molar-refractivity contribution in [1.29, 1.82) is 0 Å². The van der Waals surface area contributed by atoms with Gasteiger partial charge in [0.05, 0.1) is 5.69 Å². The summed E-state index contributed by atoms with van der Waals surface area (Å²) >= 11 is 0. The molecule has 1 aliphatic rings. The molecule has 0 aliphatic carbocycles. The molecule has 0 fully saturated rings. The van der Waals surface area contributed by atoms with Gasteiger partial charge in [-0.3, -0.25) is 0 Å². The summed E-state index contributed by atoms with van der Waals surface area (Å²) in [5.41, 5.74) is 2.11. The molecule has 65 valence electrons. The second kappa shape index (κ2) is 3.94. The summed E-state index contributed by atoms with van der Waals surface area (Å²) < 4.78 is 0. The Morgan fingerprint density at radius 2 is 2.15 bits per heavy atom. The van der Waals surface area contributed by atoms with Crippen LogP contribution in [0, 0.1) is 0 Å². The van der Waals surface area contributed by atoms with Crippen LogP contribution in [0.5, 0.6) is 5.75 Å². The van der Waals surface area contributed by atoms with E-state index in [0.717, 1.165) is 12.1 Å². The Balaban J connectivity index is 0.000000845. The van der Waals surface area contributed by atoms with E-state index in [0.29, 0.717) is 5.75 Å². The van der Waals surface area contributed by atoms with Crippen molar-refractivity contribution >= 4 is 25.5 Å². The SMILES string of the molecule is CN1C=CCc2cccc(O)c21.[Ga]. The quantitative estimate of drug-likeness (QED) is 0.684. The van der Waals surface area contributed by atoms with Gasteiger partial charge in [0.25, 0.3) is 0 Å². The van der Waals surface area contributed by atoms with Gasteiger partial charge in [0.1, 0.15) is 5.75 Å². The molecule has 0 spiro atoms. The number of phenolic OH excluding ortho intramolecular Hbond substituents is 1. The Hall–Kier alpha value is -0.804. The molecule has 1 heterocycles. The predicted molar refractivity (Wildman–Crippen MR) is 55.1 cm³/mol. The minimum atomic E-state index is 0. The summed E-state index contributed by atoms with van der Waals surface area (Å²) in [7, 11) is 1.94. The molecule has 1 aromatic carbocycles. The van der Waals surface area contributed by atoms with Gasteiger partial charge in [-0.25, -0.2) is 0 Å². The van der Waals surface area contributed by atoms with E-state index in [1.54, 1.807) is 6.07 Å². The van der Waals surface area contributed by atoms with Gasteiger partial charge >= 0.3 is 0 Å². The van der Waals surface area contributed by atoms with E-state index in [9.17, 15) is 5.11 Å². The summed E-state index contributed by atoms with van der Waals surface area (Å²) in [6.45, 7) is 0. The fraction of sp³-hybridized carbons (Fsp3) is 0.200. The first-order chi connectivity index (χ1) is 5.79. The number of para-hydroxylation sites is 1. The second-order valence-corrected chi connectivity index (χ2v) is 2.98. The Kier molecular flexibility index (Phi) is 3.11. The van der Waals surface area contributed by atoms with E-state index in [1.165, 1.54) is 5.56 Å². The molecule has 3 radical (unpaired) electrons. The van der Waals surface area contributed by atoms with E-state index in [1.807, 2.05) is 30.3 Å². The van der Waals surface area contributed by atoms with E-state index in [-0.39, 0.29) is 19.8 Å². The van der Waals surface area contributed by atoms with Crippen LogP contribution < -0.4 is 4.90 Å². The Morgan fingerprint density at radius 3 is 2.85 bits per heavy atom. The largest absolute Gasteiger partial charge is 0.506 e. The van der Waals surface area contributed by atoms with Crippen molar-refractivity contribution in [3.63, 3.8) is 0 Å². The molecule has 2 nitrogen and oxygen atoms in total. The third kappa shape index (κ3) is 1.76. The number of anilines is 1. The van der Waals surface area contributed by atoms with Gasteiger partial charge in [-0.1, -0.05) is 18.2 Å². The molecule has 2 rings (SSSR count). The number of allylic oxidation sites excluding steroid dienone is 1. The number of benzene rings is 1. The van der Waals surface area contributed by atoms with Crippen LogP contribution in [0.2, 0.25) is 0 Å². The van der Waals surface area contributed by atoms with Crippen molar-refractivity contribution in [2.45, 2.75) is 6.42 Å². The monoisotopic (exact) mass is 230 g/mol. The molecule has 1 aliphatic heterocycles. The first-order valence-electron chi connectivity index (χ1n) is 3.99. The van der Waals surface area contributed by atoms with Crippen molar-refractivity contribution in [3.05, 3.63) is 36.0 Å². The van der Waals surface area contributed by atoms with E-state index in [4.69, 9.17) is 0 Å². The molecule has 0 saturated heterocycles. The van der Waals surface area contributed by atoms with Crippen LogP contribution in [0.25, 0.3) is 0 Å². The molecular weight excluding hydrogens is 220 g/mol. The summed E-state index contributed by atoms with van der Waals surface area (Å²) in [4.78, 5) is 1.94. The first kappa shape index (κ1) is 10.3. The van der Waals surface area contributed by atoms with Gasteiger partial charge in [-0.05, 0) is 18.1 Å². The molecule has 0 unspecified atom stereocenters. The maximum atomic E-state index is 9.55. The third-order valence-electron chi connectivity index (χ3n) is 2.12. The molecule has 0 saturated carbocycles. The van der Waals surface area contributed by atoms with Gasteiger partial charge in [-0.2, -0.15) is 0 Å². The topological polar surface area (TPSA) is 23.5 Å². The van der Waals surface area contributed by atoms with Gasteiger partial charge in [0.2, 0.25) is 0 Å². The number of hydrogen-bond acceptors (Lipinski definition) is 2. The van der Waals surface area contributed by atoms with Crippen LogP contribution >= 0.6 is 0 Å². The summed E-state index contributed by atoms with van der Waals surface area (Å²) in [5.74, 6) is 0.361. The first-order valence-corrected chi connectivity index (χ1v) is 3.99.